The van der Waals surface area contributed by atoms with Gasteiger partial charge in [0.25, 0.3) is 0 Å². The minimum Gasteiger partial charge on any atom is -0.464 e. The van der Waals surface area contributed by atoms with Gasteiger partial charge in [-0.1, -0.05) is 117 Å². The normalized spacial score (nSPS) is 10.8. The van der Waals surface area contributed by atoms with E-state index in [9.17, 15) is 9.59 Å². The molecule has 0 saturated heterocycles. The van der Waals surface area contributed by atoms with Gasteiger partial charge in [0, 0.05) is 7.05 Å². The van der Waals surface area contributed by atoms with E-state index in [1.54, 1.807) is 7.05 Å². The Morgan fingerprint density at radius 1 is 0.548 bits per heavy atom. The van der Waals surface area contributed by atoms with Crippen LogP contribution in [0.15, 0.2) is 0 Å². The standard InChI is InChI=1S/C26H51NO4/c1-4-6-8-9-10-11-12-13-14-15-16-17-18-19-20-21-23-30-25(28)24-27(3)26(29)31-22-7-5-2/h4-24H2,1-3H3. The molecular weight excluding hydrogens is 390 g/mol. The monoisotopic (exact) mass is 441 g/mol. The molecule has 0 saturated carbocycles. The molecule has 0 bridgehead atoms. The van der Waals surface area contributed by atoms with Gasteiger partial charge in [0.05, 0.1) is 13.2 Å². The van der Waals surface area contributed by atoms with E-state index in [-0.39, 0.29) is 12.5 Å². The molecule has 0 rings (SSSR count). The number of rotatable bonds is 22. The summed E-state index contributed by atoms with van der Waals surface area (Å²) >= 11 is 0. The number of nitrogens with zero attached hydrogens (tertiary/aromatic N) is 1. The second-order valence-electron chi connectivity index (χ2n) is 8.85. The van der Waals surface area contributed by atoms with Crippen LogP contribution in [0.3, 0.4) is 0 Å². The minimum atomic E-state index is -0.465. The molecule has 0 aliphatic rings. The van der Waals surface area contributed by atoms with E-state index in [4.69, 9.17) is 9.47 Å². The van der Waals surface area contributed by atoms with Crippen molar-refractivity contribution in [1.29, 1.82) is 0 Å². The molecule has 0 aromatic heterocycles. The van der Waals surface area contributed by atoms with Crippen molar-refractivity contribution in [3.05, 3.63) is 0 Å². The van der Waals surface area contributed by atoms with Gasteiger partial charge in [0.2, 0.25) is 0 Å². The van der Waals surface area contributed by atoms with Crippen molar-refractivity contribution in [2.45, 2.75) is 129 Å². The second kappa shape index (κ2) is 23.4. The van der Waals surface area contributed by atoms with Crippen molar-refractivity contribution in [1.82, 2.24) is 4.90 Å². The van der Waals surface area contributed by atoms with Gasteiger partial charge in [-0.3, -0.25) is 4.79 Å². The molecule has 0 radical (unpaired) electrons. The number of carbonyl (C=O) groups is 2. The van der Waals surface area contributed by atoms with Crippen LogP contribution in [-0.2, 0) is 14.3 Å². The van der Waals surface area contributed by atoms with Crippen LogP contribution >= 0.6 is 0 Å². The molecule has 1 amide bonds. The van der Waals surface area contributed by atoms with Crippen LogP contribution in [0.5, 0.6) is 0 Å². The van der Waals surface area contributed by atoms with Crippen molar-refractivity contribution < 1.29 is 19.1 Å². The fourth-order valence-electron chi connectivity index (χ4n) is 3.55. The summed E-state index contributed by atoms with van der Waals surface area (Å²) in [6, 6.07) is 0. The Hall–Kier alpha value is -1.26. The zero-order chi connectivity index (χ0) is 23.0. The van der Waals surface area contributed by atoms with E-state index in [0.29, 0.717) is 13.2 Å². The maximum absolute atomic E-state index is 11.8. The molecule has 0 heterocycles. The maximum atomic E-state index is 11.8. The molecule has 5 heteroatoms. The number of unbranched alkanes of at least 4 members (excludes halogenated alkanes) is 16. The first kappa shape index (κ1) is 29.7. The zero-order valence-electron chi connectivity index (χ0n) is 20.9. The van der Waals surface area contributed by atoms with E-state index >= 15 is 0 Å². The summed E-state index contributed by atoms with van der Waals surface area (Å²) in [5, 5.41) is 0. The highest BCUT2D eigenvalue weighted by Gasteiger charge is 2.14. The Morgan fingerprint density at radius 2 is 0.935 bits per heavy atom. The molecule has 0 aromatic carbocycles. The summed E-state index contributed by atoms with van der Waals surface area (Å²) in [5.41, 5.74) is 0. The van der Waals surface area contributed by atoms with E-state index in [1.807, 2.05) is 6.92 Å². The number of carbonyl (C=O) groups excluding carboxylic acids is 2. The maximum Gasteiger partial charge on any atom is 0.410 e. The summed E-state index contributed by atoms with van der Waals surface area (Å²) in [4.78, 5) is 24.7. The van der Waals surface area contributed by atoms with E-state index < -0.39 is 6.09 Å². The van der Waals surface area contributed by atoms with Gasteiger partial charge >= 0.3 is 12.1 Å². The molecule has 0 aromatic rings. The predicted octanol–water partition coefficient (Wildman–Crippen LogP) is 7.66. The largest absolute Gasteiger partial charge is 0.464 e. The van der Waals surface area contributed by atoms with Gasteiger partial charge in [0.15, 0.2) is 0 Å². The first-order valence-electron chi connectivity index (χ1n) is 13.1. The summed E-state index contributed by atoms with van der Waals surface area (Å²) < 4.78 is 10.3. The third-order valence-electron chi connectivity index (χ3n) is 5.66. The molecule has 0 atom stereocenters. The number of ether oxygens (including phenoxy) is 2. The van der Waals surface area contributed by atoms with Crippen LogP contribution in [0.2, 0.25) is 0 Å². The van der Waals surface area contributed by atoms with Crippen LogP contribution in [0, 0.1) is 0 Å². The van der Waals surface area contributed by atoms with E-state index in [1.165, 1.54) is 94.8 Å². The van der Waals surface area contributed by atoms with Crippen molar-refractivity contribution in [2.75, 3.05) is 26.8 Å². The SMILES string of the molecule is CCCCCCCCCCCCCCCCCCOC(=O)CN(C)C(=O)OCCCC. The van der Waals surface area contributed by atoms with Gasteiger partial charge < -0.3 is 14.4 Å². The zero-order valence-corrected chi connectivity index (χ0v) is 20.9. The highest BCUT2D eigenvalue weighted by atomic mass is 16.6. The average Bonchev–Trinajstić information content (AvgIpc) is 2.75. The van der Waals surface area contributed by atoms with Crippen LogP contribution in [-0.4, -0.2) is 43.8 Å². The Balaban J connectivity index is 3.31. The molecule has 184 valence electrons. The number of amides is 1. The average molecular weight is 442 g/mol. The predicted molar refractivity (Wildman–Crippen MR) is 129 cm³/mol. The highest BCUT2D eigenvalue weighted by molar-refractivity contribution is 5.77. The van der Waals surface area contributed by atoms with Crippen molar-refractivity contribution in [3.63, 3.8) is 0 Å². The van der Waals surface area contributed by atoms with Gasteiger partial charge in [-0.05, 0) is 12.8 Å². The minimum absolute atomic E-state index is 0.0518. The Labute approximate surface area is 192 Å². The molecule has 0 aliphatic heterocycles. The third kappa shape index (κ3) is 21.7. The molecule has 0 fully saturated rings. The number of likely N-dealkylation sites (N-methyl/N-ethyl adjacent to an activating group) is 1. The van der Waals surface area contributed by atoms with Crippen LogP contribution < -0.4 is 0 Å². The molecule has 0 N–H and O–H groups in total. The summed E-state index contributed by atoms with van der Waals surface area (Å²) in [6.45, 7) is 5.09. The summed E-state index contributed by atoms with van der Waals surface area (Å²) in [5.74, 6) is -0.365. The third-order valence-corrected chi connectivity index (χ3v) is 5.66. The summed E-state index contributed by atoms with van der Waals surface area (Å²) in [7, 11) is 1.56. The van der Waals surface area contributed by atoms with Gasteiger partial charge in [-0.2, -0.15) is 0 Å². The Kier molecular flexibility index (Phi) is 22.5. The van der Waals surface area contributed by atoms with Gasteiger partial charge in [-0.15, -0.1) is 0 Å². The smallest absolute Gasteiger partial charge is 0.410 e. The van der Waals surface area contributed by atoms with Crippen LogP contribution in [0.4, 0.5) is 4.79 Å². The van der Waals surface area contributed by atoms with Crippen molar-refractivity contribution in [3.8, 4) is 0 Å². The van der Waals surface area contributed by atoms with Crippen molar-refractivity contribution >= 4 is 12.1 Å². The first-order valence-corrected chi connectivity index (χ1v) is 13.1. The molecule has 5 nitrogen and oxygen atoms in total. The number of esters is 1. The van der Waals surface area contributed by atoms with E-state index in [2.05, 4.69) is 6.92 Å². The Morgan fingerprint density at radius 3 is 1.39 bits per heavy atom. The fourth-order valence-corrected chi connectivity index (χ4v) is 3.55. The van der Waals surface area contributed by atoms with Crippen LogP contribution in [0.25, 0.3) is 0 Å². The lowest BCUT2D eigenvalue weighted by atomic mass is 10.0. The lowest BCUT2D eigenvalue weighted by molar-refractivity contribution is -0.144. The summed E-state index contributed by atoms with van der Waals surface area (Å²) in [6.07, 6.45) is 22.5. The molecule has 0 unspecified atom stereocenters. The molecule has 31 heavy (non-hydrogen) atoms. The lowest BCUT2D eigenvalue weighted by Crippen LogP contribution is -2.33. The Bertz CT molecular complexity index is 414. The molecule has 0 spiro atoms. The molecule has 0 aliphatic carbocycles. The van der Waals surface area contributed by atoms with E-state index in [0.717, 1.165) is 25.7 Å². The first-order chi connectivity index (χ1) is 15.1. The van der Waals surface area contributed by atoms with Crippen molar-refractivity contribution in [2.24, 2.45) is 0 Å². The van der Waals surface area contributed by atoms with Gasteiger partial charge in [0.1, 0.15) is 6.54 Å². The quantitative estimate of drug-likeness (QED) is 0.128. The number of hydrogen-bond donors (Lipinski definition) is 0. The van der Waals surface area contributed by atoms with Crippen LogP contribution in [0.1, 0.15) is 129 Å². The fraction of sp³-hybridized carbons (Fsp3) is 0.923. The second-order valence-corrected chi connectivity index (χ2v) is 8.85. The number of hydrogen-bond acceptors (Lipinski definition) is 4. The highest BCUT2D eigenvalue weighted by Crippen LogP contribution is 2.13. The molecular formula is C26H51NO4. The van der Waals surface area contributed by atoms with Gasteiger partial charge in [-0.25, -0.2) is 4.79 Å². The topological polar surface area (TPSA) is 55.8 Å². The lowest BCUT2D eigenvalue weighted by Gasteiger charge is -2.16.